The Bertz CT molecular complexity index is 1050. The number of aryl methyl sites for hydroxylation is 1. The number of rotatable bonds is 5. The lowest BCUT2D eigenvalue weighted by molar-refractivity contribution is 0.356. The van der Waals surface area contributed by atoms with Crippen LogP contribution in [0.1, 0.15) is 11.4 Å². The van der Waals surface area contributed by atoms with E-state index in [9.17, 15) is 0 Å². The molecule has 1 aromatic carbocycles. The second-order valence-corrected chi connectivity index (χ2v) is 7.22. The topological polar surface area (TPSA) is 62.3 Å². The maximum absolute atomic E-state index is 15.6. The number of hydrogen-bond acceptors (Lipinski definition) is 6. The highest BCUT2D eigenvalue weighted by atomic mass is 19.1. The van der Waals surface area contributed by atoms with Crippen molar-refractivity contribution in [2.24, 2.45) is 0 Å². The fourth-order valence-electron chi connectivity index (χ4n) is 3.44. The first-order valence-corrected chi connectivity index (χ1v) is 9.52. The van der Waals surface area contributed by atoms with Crippen LogP contribution >= 0.6 is 0 Å². The molecule has 0 bridgehead atoms. The molecule has 0 atom stereocenters. The molecule has 0 amide bonds. The van der Waals surface area contributed by atoms with Gasteiger partial charge in [-0.05, 0) is 30.7 Å². The molecule has 3 aromatic rings. The molecule has 29 heavy (non-hydrogen) atoms. The molecule has 6 nitrogen and oxygen atoms in total. The monoisotopic (exact) mass is 393 g/mol. The molecule has 150 valence electrons. The zero-order chi connectivity index (χ0) is 20.5. The summed E-state index contributed by atoms with van der Waals surface area (Å²) in [6.45, 7) is 2.39. The quantitative estimate of drug-likeness (QED) is 0.671. The first kappa shape index (κ1) is 19.0. The van der Waals surface area contributed by atoms with Gasteiger partial charge in [0, 0.05) is 50.7 Å². The summed E-state index contributed by atoms with van der Waals surface area (Å²) in [6, 6.07) is 11.5. The lowest BCUT2D eigenvalue weighted by Crippen LogP contribution is -2.08. The summed E-state index contributed by atoms with van der Waals surface area (Å²) < 4.78 is 21.3. The Morgan fingerprint density at radius 2 is 1.86 bits per heavy atom. The lowest BCUT2D eigenvalue weighted by Gasteiger charge is -2.16. The van der Waals surface area contributed by atoms with E-state index in [2.05, 4.69) is 20.6 Å². The molecule has 1 aliphatic rings. The zero-order valence-corrected chi connectivity index (χ0v) is 17.0. The van der Waals surface area contributed by atoms with Crippen molar-refractivity contribution >= 4 is 23.0 Å². The molecule has 0 spiro atoms. The Balaban J connectivity index is 1.79. The molecule has 0 aliphatic carbocycles. The van der Waals surface area contributed by atoms with Crippen LogP contribution in [0, 0.1) is 12.7 Å². The fraction of sp³-hybridized carbons (Fsp3) is 0.273. The minimum absolute atomic E-state index is 0.154. The first-order chi connectivity index (χ1) is 14.0. The molecular formula is C22H24FN5O. The van der Waals surface area contributed by atoms with Gasteiger partial charge in [-0.1, -0.05) is 12.1 Å². The molecule has 2 N–H and O–H groups in total. The van der Waals surface area contributed by atoms with Crippen molar-refractivity contribution in [3.63, 3.8) is 0 Å². The van der Waals surface area contributed by atoms with Gasteiger partial charge in [-0.2, -0.15) is 0 Å². The number of pyridine rings is 2. The Kier molecular flexibility index (Phi) is 4.96. The van der Waals surface area contributed by atoms with Crippen LogP contribution < -0.4 is 20.3 Å². The number of fused-ring (bicyclic) bond motifs is 1. The number of nitrogens with one attached hydrogen (secondary N) is 2. The van der Waals surface area contributed by atoms with E-state index in [1.165, 1.54) is 0 Å². The van der Waals surface area contributed by atoms with Crippen molar-refractivity contribution in [1.82, 2.24) is 9.97 Å². The van der Waals surface area contributed by atoms with Crippen molar-refractivity contribution in [3.05, 3.63) is 53.6 Å². The van der Waals surface area contributed by atoms with Crippen molar-refractivity contribution in [1.29, 1.82) is 0 Å². The molecule has 0 saturated heterocycles. The van der Waals surface area contributed by atoms with Crippen LogP contribution in [0.3, 0.4) is 0 Å². The number of ether oxygens (including phenoxy) is 1. The van der Waals surface area contributed by atoms with E-state index in [1.54, 1.807) is 0 Å². The second-order valence-electron chi connectivity index (χ2n) is 7.22. The molecule has 4 rings (SSSR count). The summed E-state index contributed by atoms with van der Waals surface area (Å²) in [5.74, 6) is 0.769. The van der Waals surface area contributed by atoms with E-state index in [4.69, 9.17) is 4.74 Å². The molecular weight excluding hydrogens is 369 g/mol. The van der Waals surface area contributed by atoms with Gasteiger partial charge in [-0.25, -0.2) is 14.4 Å². The molecule has 7 heteroatoms. The van der Waals surface area contributed by atoms with E-state index in [-0.39, 0.29) is 5.82 Å². The van der Waals surface area contributed by atoms with Gasteiger partial charge in [0.2, 0.25) is 0 Å². The van der Waals surface area contributed by atoms with E-state index in [0.717, 1.165) is 28.3 Å². The van der Waals surface area contributed by atoms with Crippen LogP contribution in [-0.2, 0) is 6.42 Å². The van der Waals surface area contributed by atoms with E-state index < -0.39 is 5.82 Å². The molecule has 0 unspecified atom stereocenters. The van der Waals surface area contributed by atoms with Gasteiger partial charge in [0.25, 0.3) is 0 Å². The minimum atomic E-state index is -0.447. The largest absolute Gasteiger partial charge is 0.490 e. The van der Waals surface area contributed by atoms with Crippen molar-refractivity contribution in [2.45, 2.75) is 13.3 Å². The van der Waals surface area contributed by atoms with Crippen molar-refractivity contribution in [3.8, 4) is 16.9 Å². The molecule has 1 aliphatic heterocycles. The number of aromatic nitrogens is 2. The third kappa shape index (κ3) is 3.68. The molecule has 0 radical (unpaired) electrons. The molecule has 0 saturated carbocycles. The minimum Gasteiger partial charge on any atom is -0.490 e. The predicted molar refractivity (Wildman–Crippen MR) is 115 cm³/mol. The van der Waals surface area contributed by atoms with Gasteiger partial charge < -0.3 is 20.3 Å². The SMILES string of the molecule is CNc1cc(C)nc(Nc2nc3c(c(-c4ccc(N(C)C)cc4)c2F)OCC3)c1. The average molecular weight is 393 g/mol. The third-order valence-electron chi connectivity index (χ3n) is 4.91. The van der Waals surface area contributed by atoms with E-state index >= 15 is 4.39 Å². The predicted octanol–water partition coefficient (Wildman–Crippen LogP) is 4.38. The lowest BCUT2D eigenvalue weighted by atomic mass is 10.0. The Hall–Kier alpha value is -3.35. The number of halogens is 1. The summed E-state index contributed by atoms with van der Waals surface area (Å²) >= 11 is 0. The summed E-state index contributed by atoms with van der Waals surface area (Å²) in [5, 5.41) is 6.14. The normalized spacial score (nSPS) is 12.3. The van der Waals surface area contributed by atoms with Crippen molar-refractivity contribution < 1.29 is 9.13 Å². The fourth-order valence-corrected chi connectivity index (χ4v) is 3.44. The maximum atomic E-state index is 15.6. The summed E-state index contributed by atoms with van der Waals surface area (Å²) in [4.78, 5) is 10.9. The van der Waals surface area contributed by atoms with Crippen LogP contribution in [0.4, 0.5) is 27.4 Å². The molecule has 2 aromatic heterocycles. The standard InChI is InChI=1S/C22H24FN5O/c1-13-11-15(24-2)12-18(25-13)27-22-20(23)19(21-17(26-22)9-10-29-21)14-5-7-16(8-6-14)28(3)4/h5-8,11-12H,9-10H2,1-4H3,(H2,24,25,26,27). The highest BCUT2D eigenvalue weighted by Gasteiger charge is 2.26. The summed E-state index contributed by atoms with van der Waals surface area (Å²) in [6.07, 6.45) is 0.649. The smallest absolute Gasteiger partial charge is 0.177 e. The van der Waals surface area contributed by atoms with Crippen LogP contribution in [0.5, 0.6) is 5.75 Å². The van der Waals surface area contributed by atoms with Crippen LogP contribution in [0.2, 0.25) is 0 Å². The Labute approximate surface area is 169 Å². The van der Waals surface area contributed by atoms with Crippen LogP contribution in [0.15, 0.2) is 36.4 Å². The highest BCUT2D eigenvalue weighted by molar-refractivity contribution is 5.78. The number of hydrogen-bond donors (Lipinski definition) is 2. The number of nitrogens with zero attached hydrogens (tertiary/aromatic N) is 3. The van der Waals surface area contributed by atoms with Gasteiger partial charge in [0.1, 0.15) is 5.82 Å². The first-order valence-electron chi connectivity index (χ1n) is 9.52. The number of benzene rings is 1. The van der Waals surface area contributed by atoms with Gasteiger partial charge in [0.05, 0.1) is 17.9 Å². The van der Waals surface area contributed by atoms with Gasteiger partial charge >= 0.3 is 0 Å². The second kappa shape index (κ2) is 7.58. The van der Waals surface area contributed by atoms with Gasteiger partial charge in [0.15, 0.2) is 17.4 Å². The van der Waals surface area contributed by atoms with E-state index in [0.29, 0.717) is 30.2 Å². The molecule has 0 fully saturated rings. The van der Waals surface area contributed by atoms with Crippen LogP contribution in [0.25, 0.3) is 11.1 Å². The Morgan fingerprint density at radius 3 is 2.55 bits per heavy atom. The highest BCUT2D eigenvalue weighted by Crippen LogP contribution is 2.41. The van der Waals surface area contributed by atoms with Gasteiger partial charge in [-0.3, -0.25) is 0 Å². The average Bonchev–Trinajstić information content (AvgIpc) is 3.16. The van der Waals surface area contributed by atoms with E-state index in [1.807, 2.05) is 69.4 Å². The maximum Gasteiger partial charge on any atom is 0.177 e. The zero-order valence-electron chi connectivity index (χ0n) is 17.0. The number of anilines is 4. The van der Waals surface area contributed by atoms with Crippen molar-refractivity contribution in [2.75, 3.05) is 43.3 Å². The summed E-state index contributed by atoms with van der Waals surface area (Å²) in [5.41, 5.74) is 4.70. The van der Waals surface area contributed by atoms with Crippen LogP contribution in [-0.4, -0.2) is 37.7 Å². The summed E-state index contributed by atoms with van der Waals surface area (Å²) in [7, 11) is 5.78. The Morgan fingerprint density at radius 1 is 1.10 bits per heavy atom. The molecule has 3 heterocycles. The van der Waals surface area contributed by atoms with Gasteiger partial charge in [-0.15, -0.1) is 0 Å². The third-order valence-corrected chi connectivity index (χ3v) is 4.91.